The van der Waals surface area contributed by atoms with E-state index in [9.17, 15) is 28.1 Å². The lowest BCUT2D eigenvalue weighted by molar-refractivity contribution is -0.386. The smallest absolute Gasteiger partial charge is 0.294 e. The molecule has 9 heteroatoms. The first-order valence-corrected chi connectivity index (χ1v) is 5.64. The lowest BCUT2D eigenvalue weighted by Crippen LogP contribution is -2.01. The Labute approximate surface area is 116 Å². The van der Waals surface area contributed by atoms with Crippen LogP contribution in [-0.4, -0.2) is 20.5 Å². The topological polar surface area (TPSA) is 78.0 Å². The second-order valence-electron chi connectivity index (χ2n) is 4.12. The predicted octanol–water partition coefficient (Wildman–Crippen LogP) is 3.06. The monoisotopic (exact) mass is 299 g/mol. The van der Waals surface area contributed by atoms with Crippen LogP contribution in [0.1, 0.15) is 29.4 Å². The Balaban J connectivity index is 2.52. The SMILES string of the molecule is CC(=O)c1ccc(-n2cc([N+](=O)[O-])c(C(F)F)n2)cc1F. The molecule has 0 fully saturated rings. The van der Waals surface area contributed by atoms with E-state index in [4.69, 9.17) is 0 Å². The van der Waals surface area contributed by atoms with Gasteiger partial charge in [-0.05, 0) is 19.1 Å². The van der Waals surface area contributed by atoms with Gasteiger partial charge in [-0.3, -0.25) is 14.9 Å². The molecule has 0 atom stereocenters. The van der Waals surface area contributed by atoms with Crippen molar-refractivity contribution in [3.8, 4) is 5.69 Å². The van der Waals surface area contributed by atoms with Crippen molar-refractivity contribution in [2.24, 2.45) is 0 Å². The molecule has 21 heavy (non-hydrogen) atoms. The average molecular weight is 299 g/mol. The molecule has 0 radical (unpaired) electrons. The number of hydrogen-bond donors (Lipinski definition) is 0. The van der Waals surface area contributed by atoms with Crippen molar-refractivity contribution in [2.45, 2.75) is 13.3 Å². The number of benzene rings is 1. The molecule has 0 aliphatic carbocycles. The molecule has 0 amide bonds. The van der Waals surface area contributed by atoms with Crippen molar-refractivity contribution in [3.63, 3.8) is 0 Å². The van der Waals surface area contributed by atoms with Crippen molar-refractivity contribution in [2.75, 3.05) is 0 Å². The number of aromatic nitrogens is 2. The normalized spacial score (nSPS) is 10.9. The summed E-state index contributed by atoms with van der Waals surface area (Å²) in [5.41, 5.74) is -2.04. The lowest BCUT2D eigenvalue weighted by atomic mass is 10.1. The van der Waals surface area contributed by atoms with Gasteiger partial charge in [0, 0.05) is 6.07 Å². The van der Waals surface area contributed by atoms with E-state index in [0.717, 1.165) is 23.0 Å². The minimum atomic E-state index is -3.13. The van der Waals surface area contributed by atoms with Crippen LogP contribution in [0.15, 0.2) is 24.4 Å². The number of rotatable bonds is 4. The molecule has 1 aromatic heterocycles. The number of Topliss-reactive ketones (excluding diaryl/α,β-unsaturated/α-hetero) is 1. The summed E-state index contributed by atoms with van der Waals surface area (Å²) in [6.07, 6.45) is -2.36. The molecule has 6 nitrogen and oxygen atoms in total. The van der Waals surface area contributed by atoms with Crippen LogP contribution in [0.2, 0.25) is 0 Å². The summed E-state index contributed by atoms with van der Waals surface area (Å²) in [7, 11) is 0. The van der Waals surface area contributed by atoms with Gasteiger partial charge >= 0.3 is 5.69 Å². The number of hydrogen-bond acceptors (Lipinski definition) is 4. The van der Waals surface area contributed by atoms with Crippen molar-refractivity contribution in [1.82, 2.24) is 9.78 Å². The molecule has 0 saturated heterocycles. The molecule has 110 valence electrons. The van der Waals surface area contributed by atoms with E-state index in [2.05, 4.69) is 5.10 Å². The molecule has 0 unspecified atom stereocenters. The molecule has 0 spiro atoms. The number of nitro groups is 1. The average Bonchev–Trinajstić information content (AvgIpc) is 2.83. The quantitative estimate of drug-likeness (QED) is 0.494. The molecule has 1 heterocycles. The Morgan fingerprint density at radius 1 is 1.43 bits per heavy atom. The highest BCUT2D eigenvalue weighted by Crippen LogP contribution is 2.28. The maximum Gasteiger partial charge on any atom is 0.316 e. The minimum absolute atomic E-state index is 0.00694. The highest BCUT2D eigenvalue weighted by Gasteiger charge is 2.27. The van der Waals surface area contributed by atoms with Gasteiger partial charge in [0.25, 0.3) is 6.43 Å². The standard InChI is InChI=1S/C12H8F3N3O3/c1-6(19)8-3-2-7(4-9(8)13)17-5-10(18(20)21)11(16-17)12(14)15/h2-5,12H,1H3. The van der Waals surface area contributed by atoms with Gasteiger partial charge in [0.15, 0.2) is 5.78 Å². The Hall–Kier alpha value is -2.71. The molecular weight excluding hydrogens is 291 g/mol. The maximum atomic E-state index is 13.7. The van der Waals surface area contributed by atoms with Gasteiger partial charge in [0.1, 0.15) is 12.0 Å². The van der Waals surface area contributed by atoms with Crippen LogP contribution < -0.4 is 0 Å². The van der Waals surface area contributed by atoms with Crippen molar-refractivity contribution in [1.29, 1.82) is 0 Å². The number of halogens is 3. The first kappa shape index (κ1) is 14.7. The second kappa shape index (κ2) is 5.35. The summed E-state index contributed by atoms with van der Waals surface area (Å²) < 4.78 is 39.8. The van der Waals surface area contributed by atoms with Gasteiger partial charge in [0.2, 0.25) is 5.69 Å². The summed E-state index contributed by atoms with van der Waals surface area (Å²) >= 11 is 0. The molecule has 0 N–H and O–H groups in total. The summed E-state index contributed by atoms with van der Waals surface area (Å²) in [4.78, 5) is 20.8. The fourth-order valence-corrected chi connectivity index (χ4v) is 1.74. The summed E-state index contributed by atoms with van der Waals surface area (Å²) in [5, 5.41) is 14.1. The first-order valence-electron chi connectivity index (χ1n) is 5.64. The first-order chi connectivity index (χ1) is 9.81. The zero-order chi connectivity index (χ0) is 15.7. The molecule has 0 aliphatic rings. The van der Waals surface area contributed by atoms with Crippen LogP contribution in [0.5, 0.6) is 0 Å². The largest absolute Gasteiger partial charge is 0.316 e. The van der Waals surface area contributed by atoms with E-state index in [1.54, 1.807) is 0 Å². The maximum absolute atomic E-state index is 13.7. The molecule has 0 aliphatic heterocycles. The van der Waals surface area contributed by atoms with E-state index in [-0.39, 0.29) is 11.3 Å². The van der Waals surface area contributed by atoms with Crippen molar-refractivity contribution >= 4 is 11.5 Å². The van der Waals surface area contributed by atoms with Gasteiger partial charge in [-0.15, -0.1) is 0 Å². The van der Waals surface area contributed by atoms with Gasteiger partial charge in [-0.1, -0.05) is 0 Å². The second-order valence-corrected chi connectivity index (χ2v) is 4.12. The van der Waals surface area contributed by atoms with Gasteiger partial charge < -0.3 is 0 Å². The molecule has 0 bridgehead atoms. The third-order valence-electron chi connectivity index (χ3n) is 2.72. The lowest BCUT2D eigenvalue weighted by Gasteiger charge is -2.03. The van der Waals surface area contributed by atoms with Crippen LogP contribution in [-0.2, 0) is 0 Å². The third-order valence-corrected chi connectivity index (χ3v) is 2.72. The Morgan fingerprint density at radius 2 is 2.10 bits per heavy atom. The van der Waals surface area contributed by atoms with Crippen LogP contribution in [0, 0.1) is 15.9 Å². The predicted molar refractivity (Wildman–Crippen MR) is 65.1 cm³/mol. The van der Waals surface area contributed by atoms with E-state index in [1.165, 1.54) is 13.0 Å². The number of carbonyl (C=O) groups is 1. The fourth-order valence-electron chi connectivity index (χ4n) is 1.74. The number of carbonyl (C=O) groups excluding carboxylic acids is 1. The van der Waals surface area contributed by atoms with Crippen LogP contribution in [0.3, 0.4) is 0 Å². The third kappa shape index (κ3) is 2.76. The zero-order valence-corrected chi connectivity index (χ0v) is 10.6. The van der Waals surface area contributed by atoms with E-state index < -0.39 is 34.3 Å². The van der Waals surface area contributed by atoms with Crippen molar-refractivity contribution in [3.05, 3.63) is 51.6 Å². The van der Waals surface area contributed by atoms with E-state index in [0.29, 0.717) is 0 Å². The van der Waals surface area contributed by atoms with Gasteiger partial charge in [-0.2, -0.15) is 5.10 Å². The van der Waals surface area contributed by atoms with Gasteiger partial charge in [0.05, 0.1) is 16.2 Å². The fraction of sp³-hybridized carbons (Fsp3) is 0.167. The molecule has 2 rings (SSSR count). The number of alkyl halides is 2. The summed E-state index contributed by atoms with van der Waals surface area (Å²) in [6.45, 7) is 1.17. The van der Waals surface area contributed by atoms with Crippen LogP contribution in [0.25, 0.3) is 5.69 Å². The Kier molecular flexibility index (Phi) is 3.74. The van der Waals surface area contributed by atoms with Gasteiger partial charge in [-0.25, -0.2) is 17.9 Å². The summed E-state index contributed by atoms with van der Waals surface area (Å²) in [5.74, 6) is -1.37. The Morgan fingerprint density at radius 3 is 2.52 bits per heavy atom. The van der Waals surface area contributed by atoms with E-state index >= 15 is 0 Å². The summed E-state index contributed by atoms with van der Waals surface area (Å²) in [6, 6.07) is 3.30. The zero-order valence-electron chi connectivity index (χ0n) is 10.6. The Bertz CT molecular complexity index is 728. The molecular formula is C12H8F3N3O3. The highest BCUT2D eigenvalue weighted by atomic mass is 19.3. The minimum Gasteiger partial charge on any atom is -0.294 e. The molecule has 2 aromatic rings. The van der Waals surface area contributed by atoms with E-state index in [1.807, 2.05) is 0 Å². The number of nitrogens with zero attached hydrogens (tertiary/aromatic N) is 3. The van der Waals surface area contributed by atoms with Crippen molar-refractivity contribution < 1.29 is 22.9 Å². The highest BCUT2D eigenvalue weighted by molar-refractivity contribution is 5.94. The molecule has 1 aromatic carbocycles. The van der Waals surface area contributed by atoms with Crippen LogP contribution in [0.4, 0.5) is 18.9 Å². The number of ketones is 1. The molecule has 0 saturated carbocycles. The van der Waals surface area contributed by atoms with Crippen LogP contribution >= 0.6 is 0 Å².